The molecule has 1 aromatic carbocycles. The number of halogens is 1. The van der Waals surface area contributed by atoms with Crippen molar-refractivity contribution in [1.82, 2.24) is 9.97 Å². The summed E-state index contributed by atoms with van der Waals surface area (Å²) in [4.78, 5) is 19.9. The van der Waals surface area contributed by atoms with E-state index in [1.165, 1.54) is 12.4 Å². The Bertz CT molecular complexity index is 617. The average Bonchev–Trinajstić information content (AvgIpc) is 2.42. The summed E-state index contributed by atoms with van der Waals surface area (Å²) in [6.07, 6.45) is 2.80. The van der Waals surface area contributed by atoms with Gasteiger partial charge in [-0.3, -0.25) is 9.78 Å². The third kappa shape index (κ3) is 3.27. The maximum atomic E-state index is 12.0. The number of nitrogens with two attached hydrogens (primary N) is 1. The molecule has 1 aromatic heterocycles. The van der Waals surface area contributed by atoms with Gasteiger partial charge in [0.2, 0.25) is 0 Å². The number of carbonyl (C=O) groups is 1. The second-order valence-electron chi connectivity index (χ2n) is 3.87. The highest BCUT2D eigenvalue weighted by Crippen LogP contribution is 2.23. The lowest BCUT2D eigenvalue weighted by Crippen LogP contribution is -2.17. The van der Waals surface area contributed by atoms with E-state index in [9.17, 15) is 4.79 Å². The fourth-order valence-electron chi connectivity index (χ4n) is 1.45. The first-order valence-electron chi connectivity index (χ1n) is 5.46. The van der Waals surface area contributed by atoms with Gasteiger partial charge in [-0.2, -0.15) is 0 Å². The van der Waals surface area contributed by atoms with Crippen LogP contribution in [0.4, 0.5) is 11.5 Å². The largest absolute Gasteiger partial charge is 0.320 e. The van der Waals surface area contributed by atoms with Gasteiger partial charge in [0.25, 0.3) is 5.91 Å². The summed E-state index contributed by atoms with van der Waals surface area (Å²) in [5.41, 5.74) is 4.29. The molecule has 0 saturated heterocycles. The second kappa shape index (κ2) is 5.77. The normalized spacial score (nSPS) is 10.1. The molecule has 0 fully saturated rings. The van der Waals surface area contributed by atoms with Gasteiger partial charge < -0.3 is 10.7 Å². The Morgan fingerprint density at radius 2 is 2.16 bits per heavy atom. The molecule has 2 rings (SSSR count). The Labute approximate surface area is 118 Å². The standard InChI is InChI=1S/C12H12BrN5O/c1-7-2-3-9(8(13)4-7)17-12(19)10-5-15-6-11(16-10)18-14/h2-6H,14H2,1H3,(H,16,18)(H,17,19). The summed E-state index contributed by atoms with van der Waals surface area (Å²) in [7, 11) is 0. The van der Waals surface area contributed by atoms with Crippen LogP contribution in [-0.4, -0.2) is 15.9 Å². The lowest BCUT2D eigenvalue weighted by atomic mass is 10.2. The number of aryl methyl sites for hydroxylation is 1. The minimum atomic E-state index is -0.353. The second-order valence-corrected chi connectivity index (χ2v) is 4.73. The Balaban J connectivity index is 2.20. The maximum Gasteiger partial charge on any atom is 0.275 e. The van der Waals surface area contributed by atoms with Crippen molar-refractivity contribution in [1.29, 1.82) is 0 Å². The molecule has 0 saturated carbocycles. The molecule has 2 aromatic rings. The third-order valence-electron chi connectivity index (χ3n) is 2.39. The Morgan fingerprint density at radius 3 is 2.84 bits per heavy atom. The molecule has 4 N–H and O–H groups in total. The van der Waals surface area contributed by atoms with Gasteiger partial charge in [0.05, 0.1) is 18.1 Å². The van der Waals surface area contributed by atoms with E-state index in [4.69, 9.17) is 5.84 Å². The number of amides is 1. The van der Waals surface area contributed by atoms with Crippen LogP contribution in [0.3, 0.4) is 0 Å². The minimum Gasteiger partial charge on any atom is -0.320 e. The summed E-state index contributed by atoms with van der Waals surface area (Å²) in [5, 5.41) is 2.75. The van der Waals surface area contributed by atoms with Gasteiger partial charge in [0, 0.05) is 4.47 Å². The zero-order valence-electron chi connectivity index (χ0n) is 10.1. The molecule has 19 heavy (non-hydrogen) atoms. The van der Waals surface area contributed by atoms with E-state index in [-0.39, 0.29) is 11.6 Å². The number of anilines is 2. The molecule has 0 aliphatic heterocycles. The van der Waals surface area contributed by atoms with Crippen LogP contribution in [-0.2, 0) is 0 Å². The molecule has 0 atom stereocenters. The molecule has 0 bridgehead atoms. The quantitative estimate of drug-likeness (QED) is 0.594. The van der Waals surface area contributed by atoms with Gasteiger partial charge in [0.1, 0.15) is 5.69 Å². The summed E-state index contributed by atoms with van der Waals surface area (Å²) in [6, 6.07) is 5.64. The van der Waals surface area contributed by atoms with Crippen molar-refractivity contribution in [3.63, 3.8) is 0 Å². The zero-order valence-corrected chi connectivity index (χ0v) is 11.7. The average molecular weight is 322 g/mol. The highest BCUT2D eigenvalue weighted by molar-refractivity contribution is 9.10. The molecule has 6 nitrogen and oxygen atoms in total. The van der Waals surface area contributed by atoms with Crippen molar-refractivity contribution in [3.05, 3.63) is 46.3 Å². The van der Waals surface area contributed by atoms with Crippen molar-refractivity contribution < 1.29 is 4.79 Å². The van der Waals surface area contributed by atoms with Crippen molar-refractivity contribution in [2.24, 2.45) is 5.84 Å². The first kappa shape index (κ1) is 13.4. The molecule has 0 aliphatic rings. The van der Waals surface area contributed by atoms with Crippen LogP contribution in [0, 0.1) is 6.92 Å². The van der Waals surface area contributed by atoms with Crippen LogP contribution in [0.15, 0.2) is 35.1 Å². The monoisotopic (exact) mass is 321 g/mol. The number of carbonyl (C=O) groups excluding carboxylic acids is 1. The van der Waals surface area contributed by atoms with Gasteiger partial charge >= 0.3 is 0 Å². The van der Waals surface area contributed by atoms with Gasteiger partial charge in [-0.25, -0.2) is 10.8 Å². The van der Waals surface area contributed by atoms with E-state index >= 15 is 0 Å². The first-order valence-corrected chi connectivity index (χ1v) is 6.25. The molecular weight excluding hydrogens is 310 g/mol. The number of hydrogen-bond donors (Lipinski definition) is 3. The molecule has 0 unspecified atom stereocenters. The summed E-state index contributed by atoms with van der Waals surface area (Å²) in [6.45, 7) is 1.97. The third-order valence-corrected chi connectivity index (χ3v) is 3.04. The maximum absolute atomic E-state index is 12.0. The summed E-state index contributed by atoms with van der Waals surface area (Å²) < 4.78 is 0.807. The number of nitrogen functional groups attached to an aromatic ring is 1. The fourth-order valence-corrected chi connectivity index (χ4v) is 2.05. The van der Waals surface area contributed by atoms with Crippen molar-refractivity contribution in [2.45, 2.75) is 6.92 Å². The Morgan fingerprint density at radius 1 is 1.37 bits per heavy atom. The van der Waals surface area contributed by atoms with Crippen molar-refractivity contribution >= 4 is 33.3 Å². The molecule has 0 aliphatic carbocycles. The first-order chi connectivity index (χ1) is 9.10. The van der Waals surface area contributed by atoms with E-state index in [2.05, 4.69) is 36.6 Å². The van der Waals surface area contributed by atoms with Crippen LogP contribution in [0.5, 0.6) is 0 Å². The molecule has 0 radical (unpaired) electrons. The number of aromatic nitrogens is 2. The molecule has 7 heteroatoms. The SMILES string of the molecule is Cc1ccc(NC(=O)c2cncc(NN)n2)c(Br)c1. The van der Waals surface area contributed by atoms with E-state index in [0.29, 0.717) is 11.5 Å². The number of hydrogen-bond acceptors (Lipinski definition) is 5. The molecule has 0 spiro atoms. The number of benzene rings is 1. The highest BCUT2D eigenvalue weighted by Gasteiger charge is 2.10. The predicted molar refractivity (Wildman–Crippen MR) is 76.7 cm³/mol. The van der Waals surface area contributed by atoms with E-state index in [0.717, 1.165) is 10.0 Å². The van der Waals surface area contributed by atoms with Gasteiger partial charge in [0.15, 0.2) is 5.82 Å². The Hall–Kier alpha value is -1.99. The summed E-state index contributed by atoms with van der Waals surface area (Å²) in [5.74, 6) is 5.20. The Kier molecular flexibility index (Phi) is 4.08. The van der Waals surface area contributed by atoms with Crippen LogP contribution in [0.25, 0.3) is 0 Å². The van der Waals surface area contributed by atoms with Gasteiger partial charge in [-0.1, -0.05) is 6.07 Å². The smallest absolute Gasteiger partial charge is 0.275 e. The van der Waals surface area contributed by atoms with E-state index in [1.54, 1.807) is 0 Å². The lowest BCUT2D eigenvalue weighted by molar-refractivity contribution is 0.102. The number of hydrazine groups is 1. The fraction of sp³-hybridized carbons (Fsp3) is 0.0833. The van der Waals surface area contributed by atoms with Crippen LogP contribution >= 0.6 is 15.9 Å². The predicted octanol–water partition coefficient (Wildman–Crippen LogP) is 2.09. The molecule has 98 valence electrons. The number of nitrogens with one attached hydrogen (secondary N) is 2. The zero-order chi connectivity index (χ0) is 13.8. The van der Waals surface area contributed by atoms with E-state index in [1.807, 2.05) is 25.1 Å². The van der Waals surface area contributed by atoms with Crippen LogP contribution in [0.2, 0.25) is 0 Å². The minimum absolute atomic E-state index is 0.183. The summed E-state index contributed by atoms with van der Waals surface area (Å²) >= 11 is 3.39. The van der Waals surface area contributed by atoms with Crippen LogP contribution in [0.1, 0.15) is 16.1 Å². The highest BCUT2D eigenvalue weighted by atomic mass is 79.9. The lowest BCUT2D eigenvalue weighted by Gasteiger charge is -2.08. The van der Waals surface area contributed by atoms with Gasteiger partial charge in [-0.05, 0) is 40.5 Å². The number of rotatable bonds is 3. The molecule has 1 heterocycles. The number of nitrogens with zero attached hydrogens (tertiary/aromatic N) is 2. The van der Waals surface area contributed by atoms with E-state index < -0.39 is 0 Å². The topological polar surface area (TPSA) is 92.9 Å². The van der Waals surface area contributed by atoms with Crippen LogP contribution < -0.4 is 16.6 Å². The molecule has 1 amide bonds. The van der Waals surface area contributed by atoms with Crippen molar-refractivity contribution in [2.75, 3.05) is 10.7 Å². The van der Waals surface area contributed by atoms with Gasteiger partial charge in [-0.15, -0.1) is 0 Å². The van der Waals surface area contributed by atoms with Crippen molar-refractivity contribution in [3.8, 4) is 0 Å². The molecular formula is C12H12BrN5O.